The topological polar surface area (TPSA) is 110 Å². The van der Waals surface area contributed by atoms with Gasteiger partial charge >= 0.3 is 5.97 Å². The molecule has 5 rings (SSSR count). The van der Waals surface area contributed by atoms with Gasteiger partial charge in [-0.3, -0.25) is 4.79 Å². The molecule has 1 saturated heterocycles. The molecule has 2 fully saturated rings. The fraction of sp³-hybridized carbons (Fsp3) is 0.385. The zero-order valence-electron chi connectivity index (χ0n) is 19.8. The van der Waals surface area contributed by atoms with Crippen LogP contribution in [0.3, 0.4) is 0 Å². The first-order chi connectivity index (χ1) is 17.3. The van der Waals surface area contributed by atoms with Crippen LogP contribution in [0.15, 0.2) is 47.4 Å². The highest BCUT2D eigenvalue weighted by atomic mass is 35.5. The van der Waals surface area contributed by atoms with Crippen molar-refractivity contribution in [2.24, 2.45) is 0 Å². The number of hydrogen-bond donors (Lipinski definition) is 3. The number of ether oxygens (including phenoxy) is 2. The first-order valence-corrected chi connectivity index (χ1v) is 11.8. The van der Waals surface area contributed by atoms with Gasteiger partial charge in [-0.25, -0.2) is 9.18 Å². The van der Waals surface area contributed by atoms with Crippen molar-refractivity contribution in [2.75, 3.05) is 19.8 Å². The molecule has 0 radical (unpaired) electrons. The zero-order chi connectivity index (χ0) is 25.4. The fourth-order valence-corrected chi connectivity index (χ4v) is 4.51. The Hall–Kier alpha value is -3.05. The molecule has 2 heterocycles. The number of carbonyl (C=O) groups excluding carboxylic acids is 1. The second-order valence-corrected chi connectivity index (χ2v) is 9.45. The Morgan fingerprint density at radius 1 is 1.22 bits per heavy atom. The third-order valence-corrected chi connectivity index (χ3v) is 6.61. The third-order valence-electron chi connectivity index (χ3n) is 6.61. The average molecular weight is 537 g/mol. The van der Waals surface area contributed by atoms with Crippen LogP contribution in [0.5, 0.6) is 5.75 Å². The molecular weight excluding hydrogens is 510 g/mol. The molecular formula is C26H27ClF2N2O6. The second-order valence-electron chi connectivity index (χ2n) is 9.45. The Morgan fingerprint density at radius 3 is 2.59 bits per heavy atom. The summed E-state index contributed by atoms with van der Waals surface area (Å²) in [7, 11) is 0. The molecule has 8 nitrogen and oxygen atoms in total. The molecule has 37 heavy (non-hydrogen) atoms. The first kappa shape index (κ1) is 27.0. The normalized spacial score (nSPS) is 21.0. The maximum Gasteiger partial charge on any atom is 0.343 e. The smallest absolute Gasteiger partial charge is 0.343 e. The highest BCUT2D eigenvalue weighted by Crippen LogP contribution is 2.40. The van der Waals surface area contributed by atoms with Crippen LogP contribution in [-0.2, 0) is 11.3 Å². The van der Waals surface area contributed by atoms with E-state index in [1.54, 1.807) is 28.8 Å². The van der Waals surface area contributed by atoms with E-state index in [1.807, 2.05) is 6.07 Å². The Kier molecular flexibility index (Phi) is 7.84. The van der Waals surface area contributed by atoms with Crippen molar-refractivity contribution in [3.8, 4) is 5.75 Å². The first-order valence-electron chi connectivity index (χ1n) is 11.8. The molecule has 0 unspecified atom stereocenters. The van der Waals surface area contributed by atoms with Crippen molar-refractivity contribution in [3.05, 3.63) is 75.6 Å². The van der Waals surface area contributed by atoms with E-state index in [2.05, 4.69) is 5.32 Å². The maximum absolute atomic E-state index is 15.0. The van der Waals surface area contributed by atoms with Crippen molar-refractivity contribution >= 4 is 29.3 Å². The van der Waals surface area contributed by atoms with Crippen molar-refractivity contribution in [2.45, 2.75) is 43.6 Å². The van der Waals surface area contributed by atoms with Gasteiger partial charge in [0.15, 0.2) is 11.6 Å². The SMILES string of the molecule is Cl.O=C(OCc1ccccc1)c1cn(C2CC2)c2c(OC[C@H]3C[C@](O)(CO)CN3)c(F)c(F)cc2c1=O. The molecule has 0 spiro atoms. The van der Waals surface area contributed by atoms with Gasteiger partial charge in [-0.2, -0.15) is 4.39 Å². The van der Waals surface area contributed by atoms with Crippen LogP contribution < -0.4 is 15.5 Å². The van der Waals surface area contributed by atoms with Gasteiger partial charge in [0.25, 0.3) is 0 Å². The van der Waals surface area contributed by atoms with Gasteiger partial charge in [0, 0.05) is 24.8 Å². The van der Waals surface area contributed by atoms with Crippen LogP contribution in [0, 0.1) is 11.6 Å². The largest absolute Gasteiger partial charge is 0.487 e. The predicted molar refractivity (Wildman–Crippen MR) is 133 cm³/mol. The van der Waals surface area contributed by atoms with Crippen molar-refractivity contribution in [1.29, 1.82) is 0 Å². The molecule has 1 aromatic heterocycles. The van der Waals surface area contributed by atoms with Gasteiger partial charge in [-0.15, -0.1) is 12.4 Å². The van der Waals surface area contributed by atoms with E-state index in [0.29, 0.717) is 0 Å². The number of β-amino-alcohol motifs (C(OH)–C–C–N with tert-alkyl or cyclic N) is 1. The molecule has 2 atom stereocenters. The van der Waals surface area contributed by atoms with Gasteiger partial charge in [-0.05, 0) is 30.9 Å². The van der Waals surface area contributed by atoms with Crippen LogP contribution in [0.25, 0.3) is 10.9 Å². The second kappa shape index (κ2) is 10.7. The van der Waals surface area contributed by atoms with Crippen molar-refractivity contribution in [3.63, 3.8) is 0 Å². The number of aliphatic hydroxyl groups excluding tert-OH is 1. The summed E-state index contributed by atoms with van der Waals surface area (Å²) in [6, 6.07) is 9.22. The number of nitrogens with zero attached hydrogens (tertiary/aromatic N) is 1. The third kappa shape index (κ3) is 5.47. The van der Waals surface area contributed by atoms with Gasteiger partial charge in [0.05, 0.1) is 17.5 Å². The van der Waals surface area contributed by atoms with Crippen LogP contribution in [0.4, 0.5) is 8.78 Å². The van der Waals surface area contributed by atoms with Gasteiger partial charge in [0.2, 0.25) is 11.2 Å². The van der Waals surface area contributed by atoms with Crippen LogP contribution in [0.1, 0.15) is 41.2 Å². The number of aromatic nitrogens is 1. The minimum Gasteiger partial charge on any atom is -0.487 e. The number of benzene rings is 2. The van der Waals surface area contributed by atoms with Crippen LogP contribution >= 0.6 is 12.4 Å². The molecule has 1 aliphatic carbocycles. The van der Waals surface area contributed by atoms with E-state index >= 15 is 0 Å². The highest BCUT2D eigenvalue weighted by Gasteiger charge is 2.37. The highest BCUT2D eigenvalue weighted by molar-refractivity contribution is 5.95. The van der Waals surface area contributed by atoms with Gasteiger partial charge < -0.3 is 29.6 Å². The monoisotopic (exact) mass is 536 g/mol. The fourth-order valence-electron chi connectivity index (χ4n) is 4.51. The molecule has 2 aromatic carbocycles. The minimum atomic E-state index is -1.32. The Bertz CT molecular complexity index is 1360. The molecule has 2 aliphatic rings. The average Bonchev–Trinajstić information content (AvgIpc) is 3.66. The van der Waals surface area contributed by atoms with Gasteiger partial charge in [-0.1, -0.05) is 30.3 Å². The molecule has 1 aliphatic heterocycles. The minimum absolute atomic E-state index is 0. The van der Waals surface area contributed by atoms with E-state index < -0.39 is 47.0 Å². The summed E-state index contributed by atoms with van der Waals surface area (Å²) >= 11 is 0. The zero-order valence-corrected chi connectivity index (χ0v) is 20.6. The number of hydrogen-bond acceptors (Lipinski definition) is 7. The molecule has 0 amide bonds. The summed E-state index contributed by atoms with van der Waals surface area (Å²) < 4.78 is 42.2. The summed E-state index contributed by atoms with van der Waals surface area (Å²) in [5, 5.41) is 22.3. The lowest BCUT2D eigenvalue weighted by molar-refractivity contribution is 0.000243. The number of rotatable bonds is 8. The Labute approximate surface area is 217 Å². The number of fused-ring (bicyclic) bond motifs is 1. The summed E-state index contributed by atoms with van der Waals surface area (Å²) in [5.41, 5.74) is -1.56. The molecule has 11 heteroatoms. The van der Waals surface area contributed by atoms with Crippen LogP contribution in [0.2, 0.25) is 0 Å². The van der Waals surface area contributed by atoms with E-state index in [0.717, 1.165) is 24.5 Å². The molecule has 3 aromatic rings. The molecule has 1 saturated carbocycles. The molecule has 3 N–H and O–H groups in total. The lowest BCUT2D eigenvalue weighted by Gasteiger charge is -2.20. The van der Waals surface area contributed by atoms with E-state index in [-0.39, 0.29) is 61.1 Å². The quantitative estimate of drug-likeness (QED) is 0.380. The van der Waals surface area contributed by atoms with E-state index in [4.69, 9.17) is 9.47 Å². The summed E-state index contributed by atoms with van der Waals surface area (Å²) in [4.78, 5) is 26.1. The summed E-state index contributed by atoms with van der Waals surface area (Å²) in [6.07, 6.45) is 2.97. The maximum atomic E-state index is 15.0. The number of aliphatic hydroxyl groups is 2. The predicted octanol–water partition coefficient (Wildman–Crippen LogP) is 2.86. The summed E-state index contributed by atoms with van der Waals surface area (Å²) in [5.74, 6) is -3.81. The lowest BCUT2D eigenvalue weighted by atomic mass is 10.0. The lowest BCUT2D eigenvalue weighted by Crippen LogP contribution is -2.35. The molecule has 0 bridgehead atoms. The summed E-state index contributed by atoms with van der Waals surface area (Å²) in [6.45, 7) is -0.484. The Balaban J connectivity index is 0.00000320. The number of carbonyl (C=O) groups is 1. The van der Waals surface area contributed by atoms with Crippen molar-refractivity contribution < 1.29 is 33.3 Å². The van der Waals surface area contributed by atoms with Gasteiger partial charge in [0.1, 0.15) is 24.4 Å². The number of esters is 1. The molecule has 198 valence electrons. The Morgan fingerprint density at radius 2 is 1.95 bits per heavy atom. The number of pyridine rings is 1. The van der Waals surface area contributed by atoms with E-state index in [1.165, 1.54) is 6.20 Å². The number of halogens is 3. The van der Waals surface area contributed by atoms with E-state index in [9.17, 15) is 28.6 Å². The number of nitrogens with one attached hydrogen (secondary N) is 1. The van der Waals surface area contributed by atoms with Crippen LogP contribution in [-0.4, -0.2) is 52.2 Å². The van der Waals surface area contributed by atoms with Crippen molar-refractivity contribution in [1.82, 2.24) is 9.88 Å². The standard InChI is InChI=1S/C26H26F2N2O6.ClH/c27-20-8-18-22(24(21(20)28)35-12-16-9-26(34,14-31)13-29-16)30(17-6-7-17)10-19(23(18)32)25(33)36-11-15-4-2-1-3-5-15;/h1-5,8,10,16-17,29,31,34H,6-7,9,11-14H2;1H/t16-,26-;/m1./s1.